The summed E-state index contributed by atoms with van der Waals surface area (Å²) in [7, 11) is 0. The Bertz CT molecular complexity index is 608. The molecule has 1 aromatic rings. The Morgan fingerprint density at radius 1 is 1.07 bits per heavy atom. The quantitative estimate of drug-likeness (QED) is 0.348. The van der Waals surface area contributed by atoms with E-state index in [0.29, 0.717) is 12.6 Å². The first kappa shape index (κ1) is 23.0. The van der Waals surface area contributed by atoms with Gasteiger partial charge in [-0.05, 0) is 63.2 Å². The topological polar surface area (TPSA) is 58.1 Å². The van der Waals surface area contributed by atoms with E-state index in [0.717, 1.165) is 64.7 Å². The van der Waals surface area contributed by atoms with Crippen LogP contribution in [0.3, 0.4) is 0 Å². The van der Waals surface area contributed by atoms with Gasteiger partial charge in [-0.15, -0.1) is 0 Å². The second-order valence-electron chi connectivity index (χ2n) is 8.31. The summed E-state index contributed by atoms with van der Waals surface area (Å²) in [6.45, 7) is 10.5. The van der Waals surface area contributed by atoms with E-state index in [-0.39, 0.29) is 0 Å². The second-order valence-corrected chi connectivity index (χ2v) is 8.31. The molecule has 2 saturated heterocycles. The third-order valence-electron chi connectivity index (χ3n) is 5.78. The van der Waals surface area contributed by atoms with Gasteiger partial charge >= 0.3 is 0 Å². The van der Waals surface area contributed by atoms with Crippen molar-refractivity contribution in [2.24, 2.45) is 4.99 Å². The number of likely N-dealkylation sites (tertiary alicyclic amines) is 1. The molecule has 2 aliphatic rings. The highest BCUT2D eigenvalue weighted by Crippen LogP contribution is 2.14. The van der Waals surface area contributed by atoms with Crippen LogP contribution in [0.4, 0.5) is 0 Å². The number of nitrogens with zero attached hydrogens (tertiary/aromatic N) is 2. The van der Waals surface area contributed by atoms with E-state index in [9.17, 15) is 0 Å². The van der Waals surface area contributed by atoms with Gasteiger partial charge in [0.1, 0.15) is 0 Å². The predicted molar refractivity (Wildman–Crippen MR) is 123 cm³/mol. The minimum Gasteiger partial charge on any atom is -0.381 e. The van der Waals surface area contributed by atoms with Crippen LogP contribution in [0.15, 0.2) is 29.3 Å². The lowest BCUT2D eigenvalue weighted by atomic mass is 10.1. The molecule has 3 rings (SSSR count). The maximum Gasteiger partial charge on any atom is 0.191 e. The highest BCUT2D eigenvalue weighted by Gasteiger charge is 2.13. The Balaban J connectivity index is 1.36. The molecule has 30 heavy (non-hydrogen) atoms. The normalized spacial score (nSPS) is 19.0. The third-order valence-corrected chi connectivity index (χ3v) is 5.78. The molecule has 0 bridgehead atoms. The molecule has 0 aromatic heterocycles. The van der Waals surface area contributed by atoms with Crippen LogP contribution >= 0.6 is 0 Å². The van der Waals surface area contributed by atoms with Gasteiger partial charge in [0.05, 0.1) is 12.6 Å². The SMILES string of the molecule is CCNC(=NCc1ccc(CN2CCCCC2)cc1)NCCCOC1CCOCC1. The van der Waals surface area contributed by atoms with Crippen LogP contribution in [-0.2, 0) is 22.6 Å². The fourth-order valence-corrected chi connectivity index (χ4v) is 4.01. The van der Waals surface area contributed by atoms with Crippen molar-refractivity contribution < 1.29 is 9.47 Å². The van der Waals surface area contributed by atoms with E-state index in [1.54, 1.807) is 0 Å². The van der Waals surface area contributed by atoms with Gasteiger partial charge in [0.15, 0.2) is 5.96 Å². The second kappa shape index (κ2) is 13.6. The molecule has 0 saturated carbocycles. The van der Waals surface area contributed by atoms with E-state index in [1.165, 1.54) is 43.5 Å². The van der Waals surface area contributed by atoms with E-state index in [1.807, 2.05) is 0 Å². The van der Waals surface area contributed by atoms with Crippen molar-refractivity contribution in [1.82, 2.24) is 15.5 Å². The van der Waals surface area contributed by atoms with Crippen molar-refractivity contribution in [2.75, 3.05) is 46.0 Å². The standard InChI is InChI=1S/C24H40N4O2/c1-2-25-24(26-13-6-16-30-23-11-17-29-18-12-23)27-19-21-7-9-22(10-8-21)20-28-14-4-3-5-15-28/h7-10,23H,2-6,11-20H2,1H3,(H2,25,26,27). The highest BCUT2D eigenvalue weighted by atomic mass is 16.5. The Morgan fingerprint density at radius 2 is 1.80 bits per heavy atom. The summed E-state index contributed by atoms with van der Waals surface area (Å²) in [5.41, 5.74) is 2.65. The Morgan fingerprint density at radius 3 is 2.53 bits per heavy atom. The Labute approximate surface area is 182 Å². The zero-order chi connectivity index (χ0) is 20.9. The Hall–Kier alpha value is -1.63. The molecule has 168 valence electrons. The maximum absolute atomic E-state index is 5.94. The maximum atomic E-state index is 5.94. The van der Waals surface area contributed by atoms with E-state index >= 15 is 0 Å². The van der Waals surface area contributed by atoms with Gasteiger partial charge in [0.2, 0.25) is 0 Å². The molecule has 0 unspecified atom stereocenters. The number of aliphatic imine (C=N–C) groups is 1. The summed E-state index contributed by atoms with van der Waals surface area (Å²) >= 11 is 0. The van der Waals surface area contributed by atoms with E-state index in [2.05, 4.69) is 46.7 Å². The zero-order valence-electron chi connectivity index (χ0n) is 18.7. The number of guanidine groups is 1. The monoisotopic (exact) mass is 416 g/mol. The fraction of sp³-hybridized carbons (Fsp3) is 0.708. The predicted octanol–water partition coefficient (Wildman–Crippen LogP) is 3.31. The first-order valence-electron chi connectivity index (χ1n) is 11.8. The minimum absolute atomic E-state index is 0.374. The minimum atomic E-state index is 0.374. The van der Waals surface area contributed by atoms with Crippen molar-refractivity contribution in [1.29, 1.82) is 0 Å². The molecule has 2 N–H and O–H groups in total. The number of hydrogen-bond acceptors (Lipinski definition) is 4. The van der Waals surface area contributed by atoms with Gasteiger partial charge < -0.3 is 20.1 Å². The molecular weight excluding hydrogens is 376 g/mol. The van der Waals surface area contributed by atoms with Gasteiger partial charge in [-0.3, -0.25) is 4.90 Å². The molecule has 0 aliphatic carbocycles. The summed E-state index contributed by atoms with van der Waals surface area (Å²) in [6, 6.07) is 8.95. The summed E-state index contributed by atoms with van der Waals surface area (Å²) in [6.07, 6.45) is 7.47. The van der Waals surface area contributed by atoms with Gasteiger partial charge in [0, 0.05) is 39.5 Å². The summed E-state index contributed by atoms with van der Waals surface area (Å²) in [5.74, 6) is 0.876. The molecule has 2 heterocycles. The molecule has 6 nitrogen and oxygen atoms in total. The number of benzene rings is 1. The number of nitrogens with one attached hydrogen (secondary N) is 2. The molecule has 0 atom stereocenters. The van der Waals surface area contributed by atoms with E-state index in [4.69, 9.17) is 14.5 Å². The van der Waals surface area contributed by atoms with Crippen molar-refractivity contribution in [2.45, 2.75) is 64.6 Å². The molecule has 0 amide bonds. The number of piperidine rings is 1. The molecule has 6 heteroatoms. The van der Waals surface area contributed by atoms with Crippen molar-refractivity contribution in [3.63, 3.8) is 0 Å². The molecule has 0 radical (unpaired) electrons. The first-order chi connectivity index (χ1) is 14.8. The molecule has 1 aromatic carbocycles. The van der Waals surface area contributed by atoms with E-state index < -0.39 is 0 Å². The fourth-order valence-electron chi connectivity index (χ4n) is 4.01. The number of hydrogen-bond donors (Lipinski definition) is 2. The first-order valence-corrected chi connectivity index (χ1v) is 11.8. The third kappa shape index (κ3) is 8.62. The highest BCUT2D eigenvalue weighted by molar-refractivity contribution is 5.79. The lowest BCUT2D eigenvalue weighted by molar-refractivity contribution is -0.0320. The molecule has 0 spiro atoms. The summed E-state index contributed by atoms with van der Waals surface area (Å²) in [5, 5.41) is 6.76. The Kier molecular flexibility index (Phi) is 10.5. The van der Waals surface area contributed by atoms with Crippen molar-refractivity contribution in [3.8, 4) is 0 Å². The van der Waals surface area contributed by atoms with Crippen LogP contribution in [-0.4, -0.2) is 63.0 Å². The van der Waals surface area contributed by atoms with Crippen LogP contribution in [0, 0.1) is 0 Å². The molecular formula is C24H40N4O2. The number of rotatable bonds is 10. The van der Waals surface area contributed by atoms with Gasteiger partial charge in [0.25, 0.3) is 0 Å². The molecule has 2 fully saturated rings. The van der Waals surface area contributed by atoms with Gasteiger partial charge in [-0.25, -0.2) is 4.99 Å². The van der Waals surface area contributed by atoms with Crippen LogP contribution < -0.4 is 10.6 Å². The largest absolute Gasteiger partial charge is 0.381 e. The van der Waals surface area contributed by atoms with Crippen LogP contribution in [0.2, 0.25) is 0 Å². The van der Waals surface area contributed by atoms with Crippen LogP contribution in [0.1, 0.15) is 56.6 Å². The van der Waals surface area contributed by atoms with Gasteiger partial charge in [-0.1, -0.05) is 30.7 Å². The zero-order valence-corrected chi connectivity index (χ0v) is 18.7. The lowest BCUT2D eigenvalue weighted by Crippen LogP contribution is -2.38. The average molecular weight is 417 g/mol. The smallest absolute Gasteiger partial charge is 0.191 e. The number of ether oxygens (including phenoxy) is 2. The summed E-state index contributed by atoms with van der Waals surface area (Å²) in [4.78, 5) is 7.31. The average Bonchev–Trinajstić information content (AvgIpc) is 2.79. The van der Waals surface area contributed by atoms with Crippen molar-refractivity contribution in [3.05, 3.63) is 35.4 Å². The summed E-state index contributed by atoms with van der Waals surface area (Å²) < 4.78 is 11.3. The molecule has 2 aliphatic heterocycles. The van der Waals surface area contributed by atoms with Gasteiger partial charge in [-0.2, -0.15) is 0 Å². The van der Waals surface area contributed by atoms with Crippen LogP contribution in [0.5, 0.6) is 0 Å². The lowest BCUT2D eigenvalue weighted by Gasteiger charge is -2.26. The van der Waals surface area contributed by atoms with Crippen molar-refractivity contribution >= 4 is 5.96 Å². The van der Waals surface area contributed by atoms with Crippen LogP contribution in [0.25, 0.3) is 0 Å².